The first-order valence-corrected chi connectivity index (χ1v) is 11.7. The van der Waals surface area contributed by atoms with Crippen LogP contribution in [0.4, 0.5) is 5.69 Å². The second kappa shape index (κ2) is 8.40. The van der Waals surface area contributed by atoms with Gasteiger partial charge in [0.25, 0.3) is 0 Å². The maximum absolute atomic E-state index is 13.2. The molecule has 4 aromatic rings. The molecule has 0 aliphatic rings. The van der Waals surface area contributed by atoms with Crippen LogP contribution in [0.15, 0.2) is 83.9 Å². The maximum Gasteiger partial charge on any atom is 0.244 e. The second-order valence-electron chi connectivity index (χ2n) is 7.81. The molecule has 0 atom stereocenters. The summed E-state index contributed by atoms with van der Waals surface area (Å²) >= 11 is 0. The van der Waals surface area contributed by atoms with Crippen molar-refractivity contribution in [2.45, 2.75) is 31.0 Å². The first-order chi connectivity index (χ1) is 14.8. The Morgan fingerprint density at radius 1 is 0.903 bits per heavy atom. The summed E-state index contributed by atoms with van der Waals surface area (Å²) in [5, 5.41) is 3.54. The van der Waals surface area contributed by atoms with Crippen molar-refractivity contribution in [3.8, 4) is 0 Å². The molecule has 1 amide bonds. The van der Waals surface area contributed by atoms with Gasteiger partial charge in [0, 0.05) is 22.8 Å². The predicted molar refractivity (Wildman–Crippen MR) is 124 cm³/mol. The van der Waals surface area contributed by atoms with E-state index in [2.05, 4.69) is 5.32 Å². The van der Waals surface area contributed by atoms with Crippen molar-refractivity contribution < 1.29 is 13.2 Å². The number of anilines is 1. The van der Waals surface area contributed by atoms with Gasteiger partial charge in [-0.3, -0.25) is 4.79 Å². The standard InChI is InChI=1S/C25H24N2O3S/c1-18-12-19(2)14-21(13-18)26-25(28)16-27-15-24(22-10-6-7-11-23(22)27)31(29,30)17-20-8-4-3-5-9-20/h3-15H,16-17H2,1-2H3,(H,26,28). The lowest BCUT2D eigenvalue weighted by Crippen LogP contribution is -2.18. The zero-order chi connectivity index (χ0) is 22.0. The minimum atomic E-state index is -3.58. The smallest absolute Gasteiger partial charge is 0.244 e. The average molecular weight is 433 g/mol. The molecule has 0 radical (unpaired) electrons. The first kappa shape index (κ1) is 20.9. The molecule has 0 aliphatic carbocycles. The van der Waals surface area contributed by atoms with Crippen molar-refractivity contribution in [2.24, 2.45) is 0 Å². The summed E-state index contributed by atoms with van der Waals surface area (Å²) in [6, 6.07) is 22.2. The molecule has 31 heavy (non-hydrogen) atoms. The summed E-state index contributed by atoms with van der Waals surface area (Å²) in [6.45, 7) is 3.98. The molecule has 1 N–H and O–H groups in total. The minimum Gasteiger partial charge on any atom is -0.337 e. The third kappa shape index (κ3) is 4.70. The number of para-hydroxylation sites is 1. The van der Waals surface area contributed by atoms with Crippen molar-refractivity contribution >= 4 is 32.3 Å². The van der Waals surface area contributed by atoms with Crippen molar-refractivity contribution in [2.75, 3.05) is 5.32 Å². The molecule has 158 valence electrons. The highest BCUT2D eigenvalue weighted by Gasteiger charge is 2.22. The Balaban J connectivity index is 1.64. The van der Waals surface area contributed by atoms with Crippen LogP contribution in [-0.4, -0.2) is 18.9 Å². The number of carbonyl (C=O) groups is 1. The van der Waals surface area contributed by atoms with Gasteiger partial charge >= 0.3 is 0 Å². The molecule has 1 heterocycles. The Labute approximate surface area is 182 Å². The average Bonchev–Trinajstić information content (AvgIpc) is 3.07. The van der Waals surface area contributed by atoms with E-state index in [4.69, 9.17) is 0 Å². The number of nitrogens with one attached hydrogen (secondary N) is 1. The van der Waals surface area contributed by atoms with E-state index in [9.17, 15) is 13.2 Å². The van der Waals surface area contributed by atoms with Crippen LogP contribution in [0.5, 0.6) is 0 Å². The van der Waals surface area contributed by atoms with E-state index in [0.29, 0.717) is 10.9 Å². The van der Waals surface area contributed by atoms with Crippen LogP contribution in [0.25, 0.3) is 10.9 Å². The van der Waals surface area contributed by atoms with Gasteiger partial charge in [0.15, 0.2) is 9.84 Å². The van der Waals surface area contributed by atoms with E-state index >= 15 is 0 Å². The molecular weight excluding hydrogens is 408 g/mol. The van der Waals surface area contributed by atoms with E-state index in [1.165, 1.54) is 0 Å². The zero-order valence-corrected chi connectivity index (χ0v) is 18.3. The monoisotopic (exact) mass is 432 g/mol. The number of hydrogen-bond acceptors (Lipinski definition) is 3. The molecule has 0 fully saturated rings. The van der Waals surface area contributed by atoms with E-state index in [1.54, 1.807) is 29.0 Å². The Bertz CT molecular complexity index is 1340. The number of rotatable bonds is 6. The fourth-order valence-electron chi connectivity index (χ4n) is 3.87. The molecule has 5 nitrogen and oxygen atoms in total. The van der Waals surface area contributed by atoms with Crippen LogP contribution in [0, 0.1) is 13.8 Å². The summed E-state index contributed by atoms with van der Waals surface area (Å²) in [4.78, 5) is 13.0. The maximum atomic E-state index is 13.2. The molecule has 3 aromatic carbocycles. The fourth-order valence-corrected chi connectivity index (χ4v) is 5.45. The van der Waals surface area contributed by atoms with E-state index < -0.39 is 9.84 Å². The molecule has 4 rings (SSSR count). The summed E-state index contributed by atoms with van der Waals surface area (Å²) in [5.74, 6) is -0.297. The van der Waals surface area contributed by atoms with Gasteiger partial charge < -0.3 is 9.88 Å². The molecule has 0 saturated carbocycles. The summed E-state index contributed by atoms with van der Waals surface area (Å²) in [5.41, 5.74) is 4.31. The third-order valence-corrected chi connectivity index (χ3v) is 6.81. The third-order valence-electron chi connectivity index (χ3n) is 5.11. The molecule has 0 saturated heterocycles. The summed E-state index contributed by atoms with van der Waals surface area (Å²) < 4.78 is 28.0. The number of carbonyl (C=O) groups excluding carboxylic acids is 1. The molecule has 1 aromatic heterocycles. The Morgan fingerprint density at radius 3 is 2.26 bits per heavy atom. The number of fused-ring (bicyclic) bond motifs is 1. The summed E-state index contributed by atoms with van der Waals surface area (Å²) in [6.07, 6.45) is 1.57. The lowest BCUT2D eigenvalue weighted by atomic mass is 10.1. The van der Waals surface area contributed by atoms with E-state index in [-0.39, 0.29) is 23.1 Å². The Kier molecular flexibility index (Phi) is 5.65. The molecule has 0 aliphatic heterocycles. The zero-order valence-electron chi connectivity index (χ0n) is 17.5. The summed E-state index contributed by atoms with van der Waals surface area (Å²) in [7, 11) is -3.58. The second-order valence-corrected chi connectivity index (χ2v) is 9.77. The fraction of sp³-hybridized carbons (Fsp3) is 0.160. The lowest BCUT2D eigenvalue weighted by Gasteiger charge is -2.09. The van der Waals surface area contributed by atoms with Gasteiger partial charge in [0.1, 0.15) is 6.54 Å². The highest BCUT2D eigenvalue weighted by Crippen LogP contribution is 2.28. The number of sulfone groups is 1. The molecule has 0 bridgehead atoms. The Morgan fingerprint density at radius 2 is 1.55 bits per heavy atom. The molecule has 0 unspecified atom stereocenters. The van der Waals surface area contributed by atoms with Crippen LogP contribution in [0.1, 0.15) is 16.7 Å². The lowest BCUT2D eigenvalue weighted by molar-refractivity contribution is -0.116. The van der Waals surface area contributed by atoms with Crippen LogP contribution in [0.3, 0.4) is 0 Å². The number of benzene rings is 3. The van der Waals surface area contributed by atoms with Crippen molar-refractivity contribution in [1.82, 2.24) is 4.57 Å². The van der Waals surface area contributed by atoms with Crippen molar-refractivity contribution in [3.63, 3.8) is 0 Å². The topological polar surface area (TPSA) is 68.2 Å². The minimum absolute atomic E-state index is 0.0222. The number of aromatic nitrogens is 1. The predicted octanol–water partition coefficient (Wildman–Crippen LogP) is 4.87. The van der Waals surface area contributed by atoms with Crippen LogP contribution < -0.4 is 5.32 Å². The van der Waals surface area contributed by atoms with Gasteiger partial charge in [-0.25, -0.2) is 8.42 Å². The largest absolute Gasteiger partial charge is 0.337 e. The number of nitrogens with zero attached hydrogens (tertiary/aromatic N) is 1. The highest BCUT2D eigenvalue weighted by molar-refractivity contribution is 7.90. The van der Waals surface area contributed by atoms with E-state index in [0.717, 1.165) is 22.4 Å². The number of hydrogen-bond donors (Lipinski definition) is 1. The van der Waals surface area contributed by atoms with Gasteiger partial charge in [-0.2, -0.15) is 0 Å². The molecular formula is C25H24N2O3S. The number of amides is 1. The van der Waals surface area contributed by atoms with Crippen LogP contribution >= 0.6 is 0 Å². The first-order valence-electron chi connectivity index (χ1n) is 10.0. The highest BCUT2D eigenvalue weighted by atomic mass is 32.2. The van der Waals surface area contributed by atoms with Crippen LogP contribution in [-0.2, 0) is 26.9 Å². The molecule has 0 spiro atoms. The normalized spacial score (nSPS) is 11.5. The SMILES string of the molecule is Cc1cc(C)cc(NC(=O)Cn2cc(S(=O)(=O)Cc3ccccc3)c3ccccc32)c1. The molecule has 6 heteroatoms. The number of aryl methyl sites for hydroxylation is 2. The van der Waals surface area contributed by atoms with Crippen molar-refractivity contribution in [3.05, 3.63) is 95.7 Å². The van der Waals surface area contributed by atoms with Gasteiger partial charge in [-0.1, -0.05) is 54.6 Å². The van der Waals surface area contributed by atoms with Crippen LogP contribution in [0.2, 0.25) is 0 Å². The van der Waals surface area contributed by atoms with Gasteiger partial charge in [-0.05, 0) is 48.7 Å². The van der Waals surface area contributed by atoms with Gasteiger partial charge in [0.05, 0.1) is 10.6 Å². The van der Waals surface area contributed by atoms with Gasteiger partial charge in [0.2, 0.25) is 5.91 Å². The van der Waals surface area contributed by atoms with E-state index in [1.807, 2.05) is 68.4 Å². The van der Waals surface area contributed by atoms with Crippen molar-refractivity contribution in [1.29, 1.82) is 0 Å². The quantitative estimate of drug-likeness (QED) is 0.473. The van der Waals surface area contributed by atoms with Gasteiger partial charge in [-0.15, -0.1) is 0 Å². The Hall–Kier alpha value is -3.38.